The second-order valence-electron chi connectivity index (χ2n) is 7.44. The molecule has 1 aliphatic heterocycles. The number of rotatable bonds is 9. The monoisotopic (exact) mass is 390 g/mol. The fraction of sp³-hybridized carbons (Fsp3) is 0.667. The smallest absolute Gasteiger partial charge is 0.191 e. The van der Waals surface area contributed by atoms with Gasteiger partial charge in [0.2, 0.25) is 0 Å². The summed E-state index contributed by atoms with van der Waals surface area (Å²) < 4.78 is 10.9. The predicted octanol–water partition coefficient (Wildman–Crippen LogP) is 1.75. The highest BCUT2D eigenvalue weighted by Gasteiger charge is 2.31. The van der Waals surface area contributed by atoms with Crippen molar-refractivity contribution in [1.82, 2.24) is 15.5 Å². The first-order chi connectivity index (χ1) is 13.7. The summed E-state index contributed by atoms with van der Waals surface area (Å²) in [5.74, 6) is 2.16. The molecule has 0 radical (unpaired) electrons. The van der Waals surface area contributed by atoms with E-state index in [4.69, 9.17) is 19.6 Å². The molecular formula is C21H34N4O3. The van der Waals surface area contributed by atoms with Crippen LogP contribution in [0.5, 0.6) is 11.5 Å². The maximum absolute atomic E-state index is 8.92. The Kier molecular flexibility index (Phi) is 7.80. The van der Waals surface area contributed by atoms with Crippen molar-refractivity contribution in [2.24, 2.45) is 4.99 Å². The summed E-state index contributed by atoms with van der Waals surface area (Å²) in [5, 5.41) is 15.9. The number of ether oxygens (including phenoxy) is 2. The first-order valence-corrected chi connectivity index (χ1v) is 10.4. The van der Waals surface area contributed by atoms with Crippen LogP contribution in [-0.4, -0.2) is 68.0 Å². The molecule has 0 aromatic heterocycles. The lowest BCUT2D eigenvalue weighted by Crippen LogP contribution is -2.49. The summed E-state index contributed by atoms with van der Waals surface area (Å²) in [7, 11) is 1.62. The molecule has 2 fully saturated rings. The Morgan fingerprint density at radius 3 is 2.64 bits per heavy atom. The first-order valence-electron chi connectivity index (χ1n) is 10.4. The number of aliphatic imine (C=N–C) groups is 1. The summed E-state index contributed by atoms with van der Waals surface area (Å²) in [5.41, 5.74) is 1.05. The molecule has 1 aliphatic carbocycles. The molecular weight excluding hydrogens is 356 g/mol. The molecule has 1 aromatic rings. The van der Waals surface area contributed by atoms with Crippen LogP contribution in [-0.2, 0) is 6.54 Å². The van der Waals surface area contributed by atoms with Crippen LogP contribution in [0.25, 0.3) is 0 Å². The number of likely N-dealkylation sites (tertiary alicyclic amines) is 1. The van der Waals surface area contributed by atoms with Gasteiger partial charge in [-0.15, -0.1) is 0 Å². The van der Waals surface area contributed by atoms with Crippen molar-refractivity contribution in [2.75, 3.05) is 40.0 Å². The van der Waals surface area contributed by atoms with E-state index in [2.05, 4.69) is 22.5 Å². The molecule has 1 heterocycles. The Bertz CT molecular complexity index is 641. The zero-order chi connectivity index (χ0) is 19.8. The van der Waals surface area contributed by atoms with Crippen LogP contribution < -0.4 is 20.1 Å². The Morgan fingerprint density at radius 2 is 2.00 bits per heavy atom. The minimum atomic E-state index is -0.0213. The molecule has 1 aromatic carbocycles. The third-order valence-corrected chi connectivity index (χ3v) is 5.27. The molecule has 3 rings (SSSR count). The molecule has 2 aliphatic rings. The molecule has 0 atom stereocenters. The van der Waals surface area contributed by atoms with Gasteiger partial charge in [0.05, 0.1) is 20.3 Å². The van der Waals surface area contributed by atoms with Crippen molar-refractivity contribution in [2.45, 2.75) is 51.2 Å². The largest absolute Gasteiger partial charge is 0.493 e. The Labute approximate surface area is 168 Å². The van der Waals surface area contributed by atoms with Gasteiger partial charge in [0.1, 0.15) is 6.61 Å². The third kappa shape index (κ3) is 6.01. The van der Waals surface area contributed by atoms with Crippen molar-refractivity contribution in [1.29, 1.82) is 0 Å². The predicted molar refractivity (Wildman–Crippen MR) is 111 cm³/mol. The van der Waals surface area contributed by atoms with E-state index in [1.165, 1.54) is 38.8 Å². The average Bonchev–Trinajstić information content (AvgIpc) is 3.57. The number of aliphatic hydroxyl groups is 1. The van der Waals surface area contributed by atoms with Gasteiger partial charge in [-0.05, 0) is 50.3 Å². The van der Waals surface area contributed by atoms with Crippen LogP contribution in [0, 0.1) is 0 Å². The summed E-state index contributed by atoms with van der Waals surface area (Å²) >= 11 is 0. The van der Waals surface area contributed by atoms with E-state index >= 15 is 0 Å². The molecule has 0 amide bonds. The van der Waals surface area contributed by atoms with E-state index in [1.807, 2.05) is 18.2 Å². The second-order valence-corrected chi connectivity index (χ2v) is 7.44. The van der Waals surface area contributed by atoms with Crippen LogP contribution in [0.2, 0.25) is 0 Å². The summed E-state index contributed by atoms with van der Waals surface area (Å²) in [6.45, 7) is 6.09. The van der Waals surface area contributed by atoms with Gasteiger partial charge in [-0.1, -0.05) is 6.07 Å². The van der Waals surface area contributed by atoms with Gasteiger partial charge in [-0.3, -0.25) is 0 Å². The maximum Gasteiger partial charge on any atom is 0.191 e. The number of nitrogens with zero attached hydrogens (tertiary/aromatic N) is 2. The Hall–Kier alpha value is -1.99. The summed E-state index contributed by atoms with van der Waals surface area (Å²) in [6.07, 6.45) is 5.11. The van der Waals surface area contributed by atoms with Crippen LogP contribution >= 0.6 is 0 Å². The maximum atomic E-state index is 8.92. The van der Waals surface area contributed by atoms with E-state index in [1.54, 1.807) is 7.11 Å². The molecule has 0 spiro atoms. The number of piperidine rings is 1. The molecule has 1 saturated carbocycles. The van der Waals surface area contributed by atoms with Crippen molar-refractivity contribution in [3.05, 3.63) is 23.8 Å². The van der Waals surface area contributed by atoms with Crippen LogP contribution in [0.15, 0.2) is 23.2 Å². The standard InChI is InChI=1S/C21H34N4O3/c1-3-22-21(24-17-8-10-25(11-9-17)18-5-6-18)23-15-16-4-7-19(28-13-12-26)20(14-16)27-2/h4,7,14,17-18,26H,3,5-6,8-13,15H2,1-2H3,(H2,22,23,24). The zero-order valence-corrected chi connectivity index (χ0v) is 17.1. The highest BCUT2D eigenvalue weighted by atomic mass is 16.5. The molecule has 7 heteroatoms. The number of hydrogen-bond donors (Lipinski definition) is 3. The van der Waals surface area contributed by atoms with E-state index in [-0.39, 0.29) is 13.2 Å². The number of guanidine groups is 1. The fourth-order valence-electron chi connectivity index (χ4n) is 3.62. The lowest BCUT2D eigenvalue weighted by Gasteiger charge is -2.33. The van der Waals surface area contributed by atoms with Crippen molar-refractivity contribution < 1.29 is 14.6 Å². The minimum absolute atomic E-state index is 0.0213. The Morgan fingerprint density at radius 1 is 1.21 bits per heavy atom. The summed E-state index contributed by atoms with van der Waals surface area (Å²) in [6, 6.07) is 7.14. The topological polar surface area (TPSA) is 78.4 Å². The lowest BCUT2D eigenvalue weighted by molar-refractivity contribution is 0.196. The van der Waals surface area contributed by atoms with Crippen LogP contribution in [0.3, 0.4) is 0 Å². The number of aliphatic hydroxyl groups excluding tert-OH is 1. The number of hydrogen-bond acceptors (Lipinski definition) is 5. The van der Waals surface area contributed by atoms with Gasteiger partial charge in [-0.25, -0.2) is 4.99 Å². The van der Waals surface area contributed by atoms with Gasteiger partial charge in [-0.2, -0.15) is 0 Å². The lowest BCUT2D eigenvalue weighted by atomic mass is 10.1. The minimum Gasteiger partial charge on any atom is -0.493 e. The molecule has 0 bridgehead atoms. The zero-order valence-electron chi connectivity index (χ0n) is 17.1. The fourth-order valence-corrected chi connectivity index (χ4v) is 3.62. The van der Waals surface area contributed by atoms with E-state index in [9.17, 15) is 0 Å². The Balaban J connectivity index is 1.56. The van der Waals surface area contributed by atoms with Gasteiger partial charge in [0.25, 0.3) is 0 Å². The highest BCUT2D eigenvalue weighted by Crippen LogP contribution is 2.29. The number of nitrogens with one attached hydrogen (secondary N) is 2. The second kappa shape index (κ2) is 10.5. The van der Waals surface area contributed by atoms with Gasteiger partial charge >= 0.3 is 0 Å². The van der Waals surface area contributed by atoms with E-state index in [0.717, 1.165) is 24.1 Å². The molecule has 28 heavy (non-hydrogen) atoms. The number of methoxy groups -OCH3 is 1. The third-order valence-electron chi connectivity index (χ3n) is 5.27. The van der Waals surface area contributed by atoms with Crippen LogP contribution in [0.1, 0.15) is 38.2 Å². The molecule has 156 valence electrons. The SMILES string of the molecule is CCNC(=NCc1ccc(OCCO)c(OC)c1)NC1CCN(C2CC2)CC1. The average molecular weight is 391 g/mol. The molecule has 3 N–H and O–H groups in total. The van der Waals surface area contributed by atoms with Crippen molar-refractivity contribution >= 4 is 5.96 Å². The summed E-state index contributed by atoms with van der Waals surface area (Å²) in [4.78, 5) is 7.39. The van der Waals surface area contributed by atoms with Gasteiger partial charge in [0.15, 0.2) is 17.5 Å². The highest BCUT2D eigenvalue weighted by molar-refractivity contribution is 5.80. The molecule has 1 saturated heterocycles. The van der Waals surface area contributed by atoms with E-state index in [0.29, 0.717) is 24.1 Å². The van der Waals surface area contributed by atoms with Gasteiger partial charge in [0, 0.05) is 31.7 Å². The van der Waals surface area contributed by atoms with Crippen molar-refractivity contribution in [3.63, 3.8) is 0 Å². The number of benzene rings is 1. The van der Waals surface area contributed by atoms with E-state index < -0.39 is 0 Å². The quantitative estimate of drug-likeness (QED) is 0.440. The normalized spacial score (nSPS) is 18.8. The first kappa shape index (κ1) is 20.7. The van der Waals surface area contributed by atoms with Crippen molar-refractivity contribution in [3.8, 4) is 11.5 Å². The molecule has 0 unspecified atom stereocenters. The van der Waals surface area contributed by atoms with Crippen LogP contribution in [0.4, 0.5) is 0 Å². The molecule has 7 nitrogen and oxygen atoms in total. The van der Waals surface area contributed by atoms with Gasteiger partial charge < -0.3 is 30.1 Å².